The zero-order chi connectivity index (χ0) is 14.1. The Morgan fingerprint density at radius 3 is 2.42 bits per heavy atom. The van der Waals surface area contributed by atoms with Crippen molar-refractivity contribution in [3.63, 3.8) is 0 Å². The fourth-order valence-electron chi connectivity index (χ4n) is 2.13. The molecule has 0 aromatic heterocycles. The van der Waals surface area contributed by atoms with E-state index in [1.165, 1.54) is 12.8 Å². The summed E-state index contributed by atoms with van der Waals surface area (Å²) >= 11 is 0. The summed E-state index contributed by atoms with van der Waals surface area (Å²) in [5.41, 5.74) is -0.0392. The molecule has 0 radical (unpaired) electrons. The Morgan fingerprint density at radius 2 is 1.95 bits per heavy atom. The number of hydrogen-bond acceptors (Lipinski definition) is 3. The predicted octanol–water partition coefficient (Wildman–Crippen LogP) is 0.917. The molecule has 1 saturated carbocycles. The van der Waals surface area contributed by atoms with E-state index in [0.717, 1.165) is 12.4 Å². The minimum atomic E-state index is -2.80. The average Bonchev–Trinajstić information content (AvgIpc) is 2.97. The van der Waals surface area contributed by atoms with E-state index in [4.69, 9.17) is 0 Å². The molecule has 19 heavy (non-hydrogen) atoms. The molecule has 1 unspecified atom stereocenters. The van der Waals surface area contributed by atoms with Crippen molar-refractivity contribution in [1.82, 2.24) is 10.6 Å². The standard InChI is InChI=1S/C13H25N3O2S/c1-13(2,3)16-12(15-11-4-5-11)14-8-10-6-7-19(17,18)9-10/h10-11H,4-9H2,1-3H3,(H2,14,15,16). The molecule has 2 rings (SSSR count). The second kappa shape index (κ2) is 5.31. The summed E-state index contributed by atoms with van der Waals surface area (Å²) in [7, 11) is -2.80. The van der Waals surface area contributed by atoms with E-state index in [0.29, 0.717) is 24.1 Å². The first-order chi connectivity index (χ1) is 8.73. The molecule has 2 aliphatic rings. The molecule has 6 heteroatoms. The number of hydrogen-bond donors (Lipinski definition) is 2. The third-order valence-corrected chi connectivity index (χ3v) is 5.08. The Hall–Kier alpha value is -0.780. The van der Waals surface area contributed by atoms with Crippen LogP contribution in [0.2, 0.25) is 0 Å². The van der Waals surface area contributed by atoms with Crippen LogP contribution in [0.5, 0.6) is 0 Å². The first-order valence-electron chi connectivity index (χ1n) is 7.03. The van der Waals surface area contributed by atoms with Gasteiger partial charge < -0.3 is 10.6 Å². The Labute approximate surface area is 116 Å². The number of guanidine groups is 1. The maximum absolute atomic E-state index is 11.4. The molecule has 0 amide bonds. The average molecular weight is 287 g/mol. The summed E-state index contributed by atoms with van der Waals surface area (Å²) in [5.74, 6) is 1.62. The lowest BCUT2D eigenvalue weighted by molar-refractivity contribution is 0.497. The molecule has 1 heterocycles. The highest BCUT2D eigenvalue weighted by molar-refractivity contribution is 7.91. The summed E-state index contributed by atoms with van der Waals surface area (Å²) in [5, 5.41) is 6.74. The molecular formula is C13H25N3O2S. The van der Waals surface area contributed by atoms with Crippen LogP contribution in [0.15, 0.2) is 4.99 Å². The van der Waals surface area contributed by atoms with Gasteiger partial charge in [-0.25, -0.2) is 8.42 Å². The van der Waals surface area contributed by atoms with E-state index in [1.54, 1.807) is 0 Å². The lowest BCUT2D eigenvalue weighted by atomic mass is 10.1. The van der Waals surface area contributed by atoms with Crippen LogP contribution >= 0.6 is 0 Å². The van der Waals surface area contributed by atoms with Crippen LogP contribution in [0.1, 0.15) is 40.0 Å². The number of sulfone groups is 1. The van der Waals surface area contributed by atoms with Crippen LogP contribution < -0.4 is 10.6 Å². The van der Waals surface area contributed by atoms with Crippen LogP contribution in [0.4, 0.5) is 0 Å². The third kappa shape index (κ3) is 5.38. The largest absolute Gasteiger partial charge is 0.354 e. The second-order valence-corrected chi connectivity index (χ2v) is 8.98. The summed E-state index contributed by atoms with van der Waals surface area (Å²) in [6.07, 6.45) is 3.14. The van der Waals surface area contributed by atoms with Crippen molar-refractivity contribution in [2.75, 3.05) is 18.1 Å². The van der Waals surface area contributed by atoms with E-state index in [9.17, 15) is 8.42 Å². The van der Waals surface area contributed by atoms with Crippen LogP contribution in [-0.4, -0.2) is 44.0 Å². The van der Waals surface area contributed by atoms with Crippen molar-refractivity contribution in [3.8, 4) is 0 Å². The topological polar surface area (TPSA) is 70.6 Å². The quantitative estimate of drug-likeness (QED) is 0.598. The van der Waals surface area contributed by atoms with Gasteiger partial charge in [-0.2, -0.15) is 0 Å². The highest BCUT2D eigenvalue weighted by Gasteiger charge is 2.28. The molecular weight excluding hydrogens is 262 g/mol. The first-order valence-corrected chi connectivity index (χ1v) is 8.85. The zero-order valence-corrected chi connectivity index (χ0v) is 12.9. The van der Waals surface area contributed by atoms with E-state index >= 15 is 0 Å². The Morgan fingerprint density at radius 1 is 1.26 bits per heavy atom. The van der Waals surface area contributed by atoms with Crippen molar-refractivity contribution in [2.45, 2.75) is 51.6 Å². The van der Waals surface area contributed by atoms with Gasteiger partial charge in [-0.05, 0) is 46.0 Å². The molecule has 1 atom stereocenters. The molecule has 0 aromatic rings. The van der Waals surface area contributed by atoms with E-state index in [-0.39, 0.29) is 11.5 Å². The molecule has 0 spiro atoms. The zero-order valence-electron chi connectivity index (χ0n) is 12.1. The van der Waals surface area contributed by atoms with Crippen molar-refractivity contribution in [3.05, 3.63) is 0 Å². The van der Waals surface area contributed by atoms with E-state index in [1.807, 2.05) is 0 Å². The Kier molecular flexibility index (Phi) is 4.08. The fourth-order valence-corrected chi connectivity index (χ4v) is 3.98. The number of nitrogens with one attached hydrogen (secondary N) is 2. The molecule has 1 aliphatic carbocycles. The van der Waals surface area contributed by atoms with Gasteiger partial charge in [0, 0.05) is 18.1 Å². The van der Waals surface area contributed by atoms with Crippen LogP contribution in [0, 0.1) is 5.92 Å². The lowest BCUT2D eigenvalue weighted by Gasteiger charge is -2.24. The van der Waals surface area contributed by atoms with Crippen LogP contribution in [0.25, 0.3) is 0 Å². The summed E-state index contributed by atoms with van der Waals surface area (Å²) in [4.78, 5) is 4.57. The lowest BCUT2D eigenvalue weighted by Crippen LogP contribution is -2.48. The van der Waals surface area contributed by atoms with Gasteiger partial charge in [-0.15, -0.1) is 0 Å². The van der Waals surface area contributed by atoms with Crippen molar-refractivity contribution < 1.29 is 8.42 Å². The normalized spacial score (nSPS) is 27.3. The smallest absolute Gasteiger partial charge is 0.191 e. The maximum Gasteiger partial charge on any atom is 0.191 e. The molecule has 1 aliphatic heterocycles. The highest BCUT2D eigenvalue weighted by atomic mass is 32.2. The van der Waals surface area contributed by atoms with Crippen molar-refractivity contribution in [1.29, 1.82) is 0 Å². The molecule has 0 bridgehead atoms. The van der Waals surface area contributed by atoms with Crippen LogP contribution in [0.3, 0.4) is 0 Å². The minimum absolute atomic E-state index is 0.0392. The fraction of sp³-hybridized carbons (Fsp3) is 0.923. The van der Waals surface area contributed by atoms with Gasteiger partial charge in [0.15, 0.2) is 15.8 Å². The minimum Gasteiger partial charge on any atom is -0.354 e. The molecule has 2 fully saturated rings. The summed E-state index contributed by atoms with van der Waals surface area (Å²) < 4.78 is 22.8. The maximum atomic E-state index is 11.4. The van der Waals surface area contributed by atoms with Gasteiger partial charge in [-0.1, -0.05) is 0 Å². The van der Waals surface area contributed by atoms with Gasteiger partial charge >= 0.3 is 0 Å². The second-order valence-electron chi connectivity index (χ2n) is 6.75. The molecule has 110 valence electrons. The van der Waals surface area contributed by atoms with E-state index in [2.05, 4.69) is 36.4 Å². The first kappa shape index (κ1) is 14.6. The van der Waals surface area contributed by atoms with Crippen LogP contribution in [-0.2, 0) is 9.84 Å². The molecule has 1 saturated heterocycles. The van der Waals surface area contributed by atoms with Gasteiger partial charge in [0.05, 0.1) is 11.5 Å². The Balaban J connectivity index is 1.91. The van der Waals surface area contributed by atoms with Crippen molar-refractivity contribution >= 4 is 15.8 Å². The third-order valence-electron chi connectivity index (χ3n) is 3.25. The van der Waals surface area contributed by atoms with Gasteiger partial charge in [0.1, 0.15) is 0 Å². The molecule has 0 aromatic carbocycles. The van der Waals surface area contributed by atoms with E-state index < -0.39 is 9.84 Å². The number of nitrogens with zero attached hydrogens (tertiary/aromatic N) is 1. The SMILES string of the molecule is CC(C)(C)NC(=NCC1CCS(=O)(=O)C1)NC1CC1. The highest BCUT2D eigenvalue weighted by Crippen LogP contribution is 2.20. The summed E-state index contributed by atoms with van der Waals surface area (Å²) in [6.45, 7) is 6.88. The number of aliphatic imine (C=N–C) groups is 1. The predicted molar refractivity (Wildman–Crippen MR) is 78.1 cm³/mol. The van der Waals surface area contributed by atoms with Crippen molar-refractivity contribution in [2.24, 2.45) is 10.9 Å². The van der Waals surface area contributed by atoms with Gasteiger partial charge in [0.2, 0.25) is 0 Å². The summed E-state index contributed by atoms with van der Waals surface area (Å²) in [6, 6.07) is 0.543. The Bertz CT molecular complexity index is 447. The number of rotatable bonds is 3. The van der Waals surface area contributed by atoms with Gasteiger partial charge in [0.25, 0.3) is 0 Å². The molecule has 5 nitrogen and oxygen atoms in total. The van der Waals surface area contributed by atoms with Gasteiger partial charge in [-0.3, -0.25) is 4.99 Å². The molecule has 2 N–H and O–H groups in total. The monoisotopic (exact) mass is 287 g/mol.